The van der Waals surface area contributed by atoms with Gasteiger partial charge in [0.25, 0.3) is 0 Å². The topological polar surface area (TPSA) is 37.8 Å². The summed E-state index contributed by atoms with van der Waals surface area (Å²) in [6, 6.07) is 4.07. The van der Waals surface area contributed by atoms with E-state index in [0.717, 1.165) is 7.91 Å². The Hall–Kier alpha value is -0.400. The third kappa shape index (κ3) is 3.05. The smallest absolute Gasteiger partial charge is 0.223 e. The van der Waals surface area contributed by atoms with E-state index in [0.29, 0.717) is 5.95 Å². The molecule has 1 N–H and O–H groups in total. The number of hydrogen-bond donors (Lipinski definition) is 1. The zero-order chi connectivity index (χ0) is 11.5. The maximum Gasteiger partial charge on any atom is 0.223 e. The quantitative estimate of drug-likeness (QED) is 0.836. The average molecular weight is 366 g/mol. The minimum atomic E-state index is 0.164. The number of hydrogen-bond acceptors (Lipinski definition) is 4. The first-order valence-corrected chi connectivity index (χ1v) is 6.92. The summed E-state index contributed by atoms with van der Waals surface area (Å²) in [7, 11) is 0. The lowest BCUT2D eigenvalue weighted by Crippen LogP contribution is -2.07. The van der Waals surface area contributed by atoms with E-state index in [-0.39, 0.29) is 6.04 Å². The molecule has 1 unspecified atom stereocenters. The zero-order valence-corrected chi connectivity index (χ0v) is 12.2. The van der Waals surface area contributed by atoms with Gasteiger partial charge in [0.15, 0.2) is 0 Å². The van der Waals surface area contributed by atoms with Crippen LogP contribution >= 0.6 is 45.5 Å². The highest BCUT2D eigenvalue weighted by Gasteiger charge is 2.09. The summed E-state index contributed by atoms with van der Waals surface area (Å²) in [6.07, 6.45) is 3.56. The molecule has 6 heteroatoms. The Morgan fingerprint density at radius 1 is 1.38 bits per heavy atom. The molecule has 0 saturated heterocycles. The summed E-state index contributed by atoms with van der Waals surface area (Å²) in [4.78, 5) is 9.56. The SMILES string of the molecule is CC(Nc1ncc(I)cn1)c1ccc(Cl)s1. The fourth-order valence-electron chi connectivity index (χ4n) is 1.21. The van der Waals surface area contributed by atoms with Gasteiger partial charge in [0, 0.05) is 20.8 Å². The first-order valence-electron chi connectivity index (χ1n) is 4.64. The summed E-state index contributed by atoms with van der Waals surface area (Å²) in [5.74, 6) is 0.637. The van der Waals surface area contributed by atoms with Gasteiger partial charge in [-0.15, -0.1) is 11.3 Å². The van der Waals surface area contributed by atoms with E-state index in [1.807, 2.05) is 12.1 Å². The number of rotatable bonds is 3. The van der Waals surface area contributed by atoms with Crippen LogP contribution in [-0.4, -0.2) is 9.97 Å². The van der Waals surface area contributed by atoms with Crippen LogP contribution in [0.4, 0.5) is 5.95 Å². The van der Waals surface area contributed by atoms with E-state index < -0.39 is 0 Å². The highest BCUT2D eigenvalue weighted by molar-refractivity contribution is 14.1. The van der Waals surface area contributed by atoms with Crippen molar-refractivity contribution >= 4 is 51.5 Å². The van der Waals surface area contributed by atoms with Crippen LogP contribution in [0.1, 0.15) is 17.8 Å². The summed E-state index contributed by atoms with van der Waals surface area (Å²) in [5, 5.41) is 3.22. The Labute approximate surface area is 116 Å². The van der Waals surface area contributed by atoms with E-state index in [1.165, 1.54) is 4.88 Å². The predicted octanol–water partition coefficient (Wildman–Crippen LogP) is 3.97. The Bertz CT molecular complexity index is 471. The van der Waals surface area contributed by atoms with Crippen molar-refractivity contribution in [1.29, 1.82) is 0 Å². The molecule has 0 aliphatic heterocycles. The van der Waals surface area contributed by atoms with Crippen LogP contribution < -0.4 is 5.32 Å². The predicted molar refractivity (Wildman–Crippen MR) is 76.1 cm³/mol. The molecule has 0 amide bonds. The third-order valence-corrected chi connectivity index (χ3v) is 3.96. The number of thiophene rings is 1. The van der Waals surface area contributed by atoms with Gasteiger partial charge in [0.1, 0.15) is 0 Å². The van der Waals surface area contributed by atoms with Crippen molar-refractivity contribution in [1.82, 2.24) is 9.97 Å². The van der Waals surface area contributed by atoms with Gasteiger partial charge < -0.3 is 5.32 Å². The van der Waals surface area contributed by atoms with Crippen molar-refractivity contribution in [3.05, 3.63) is 37.3 Å². The molecule has 0 fully saturated rings. The van der Waals surface area contributed by atoms with Crippen molar-refractivity contribution in [2.24, 2.45) is 0 Å². The molecule has 0 bridgehead atoms. The summed E-state index contributed by atoms with van der Waals surface area (Å²) >= 11 is 9.63. The van der Waals surface area contributed by atoms with Gasteiger partial charge in [0.2, 0.25) is 5.95 Å². The van der Waals surface area contributed by atoms with Crippen LogP contribution in [-0.2, 0) is 0 Å². The molecule has 84 valence electrons. The van der Waals surface area contributed by atoms with Crippen molar-refractivity contribution < 1.29 is 0 Å². The molecule has 0 saturated carbocycles. The fraction of sp³-hybridized carbons (Fsp3) is 0.200. The van der Waals surface area contributed by atoms with Gasteiger partial charge in [-0.2, -0.15) is 0 Å². The Balaban J connectivity index is 2.07. The molecule has 0 aromatic carbocycles. The monoisotopic (exact) mass is 365 g/mol. The van der Waals surface area contributed by atoms with E-state index in [2.05, 4.69) is 44.8 Å². The second-order valence-electron chi connectivity index (χ2n) is 3.23. The average Bonchev–Trinajstić information content (AvgIpc) is 2.68. The number of anilines is 1. The minimum absolute atomic E-state index is 0.164. The van der Waals surface area contributed by atoms with Gasteiger partial charge >= 0.3 is 0 Å². The molecule has 2 aromatic rings. The maximum absolute atomic E-state index is 5.89. The molecular formula is C10H9ClIN3S. The Morgan fingerprint density at radius 3 is 2.62 bits per heavy atom. The van der Waals surface area contributed by atoms with Crippen molar-refractivity contribution in [2.45, 2.75) is 13.0 Å². The van der Waals surface area contributed by atoms with Crippen molar-refractivity contribution in [3.8, 4) is 0 Å². The molecule has 2 heterocycles. The molecular weight excluding hydrogens is 357 g/mol. The Kier molecular flexibility index (Phi) is 3.99. The summed E-state index contributed by atoms with van der Waals surface area (Å²) in [5.41, 5.74) is 0. The summed E-state index contributed by atoms with van der Waals surface area (Å²) < 4.78 is 1.82. The molecule has 0 aliphatic rings. The van der Waals surface area contributed by atoms with E-state index >= 15 is 0 Å². The molecule has 1 atom stereocenters. The fourth-order valence-corrected chi connectivity index (χ4v) is 2.55. The molecule has 0 aliphatic carbocycles. The van der Waals surface area contributed by atoms with Crippen LogP contribution in [0.2, 0.25) is 4.34 Å². The highest BCUT2D eigenvalue weighted by Crippen LogP contribution is 2.28. The van der Waals surface area contributed by atoms with E-state index in [1.54, 1.807) is 23.7 Å². The van der Waals surface area contributed by atoms with Gasteiger partial charge in [-0.1, -0.05) is 11.6 Å². The van der Waals surface area contributed by atoms with Gasteiger partial charge in [-0.3, -0.25) is 0 Å². The van der Waals surface area contributed by atoms with Crippen LogP contribution in [0, 0.1) is 3.57 Å². The normalized spacial score (nSPS) is 12.4. The minimum Gasteiger partial charge on any atom is -0.347 e. The first kappa shape index (κ1) is 12.1. The molecule has 16 heavy (non-hydrogen) atoms. The van der Waals surface area contributed by atoms with Crippen LogP contribution in [0.5, 0.6) is 0 Å². The Morgan fingerprint density at radius 2 is 2.06 bits per heavy atom. The maximum atomic E-state index is 5.89. The largest absolute Gasteiger partial charge is 0.347 e. The van der Waals surface area contributed by atoms with Crippen LogP contribution in [0.15, 0.2) is 24.5 Å². The first-order chi connectivity index (χ1) is 7.65. The second-order valence-corrected chi connectivity index (χ2v) is 6.23. The van der Waals surface area contributed by atoms with Crippen molar-refractivity contribution in [3.63, 3.8) is 0 Å². The van der Waals surface area contributed by atoms with Gasteiger partial charge in [-0.25, -0.2) is 9.97 Å². The number of halogens is 2. The third-order valence-electron chi connectivity index (χ3n) is 1.99. The highest BCUT2D eigenvalue weighted by atomic mass is 127. The lowest BCUT2D eigenvalue weighted by atomic mass is 10.3. The van der Waals surface area contributed by atoms with Gasteiger partial charge in [0.05, 0.1) is 10.4 Å². The zero-order valence-electron chi connectivity index (χ0n) is 8.45. The molecule has 0 radical (unpaired) electrons. The standard InChI is InChI=1S/C10H9ClIN3S/c1-6(8-2-3-9(11)16-8)15-10-13-4-7(12)5-14-10/h2-6H,1H3,(H,13,14,15). The van der Waals surface area contributed by atoms with Crippen LogP contribution in [0.25, 0.3) is 0 Å². The van der Waals surface area contributed by atoms with Crippen LogP contribution in [0.3, 0.4) is 0 Å². The lowest BCUT2D eigenvalue weighted by Gasteiger charge is -2.11. The van der Waals surface area contributed by atoms with E-state index in [4.69, 9.17) is 11.6 Å². The summed E-state index contributed by atoms with van der Waals surface area (Å²) in [6.45, 7) is 2.06. The number of nitrogens with zero attached hydrogens (tertiary/aromatic N) is 2. The molecule has 3 nitrogen and oxygen atoms in total. The number of nitrogens with one attached hydrogen (secondary N) is 1. The van der Waals surface area contributed by atoms with E-state index in [9.17, 15) is 0 Å². The molecule has 2 rings (SSSR count). The van der Waals surface area contributed by atoms with Gasteiger partial charge in [-0.05, 0) is 41.6 Å². The number of aromatic nitrogens is 2. The molecule has 2 aromatic heterocycles. The van der Waals surface area contributed by atoms with Crippen molar-refractivity contribution in [2.75, 3.05) is 5.32 Å². The second kappa shape index (κ2) is 5.29. The lowest BCUT2D eigenvalue weighted by molar-refractivity contribution is 0.879. The molecule has 0 spiro atoms.